The highest BCUT2D eigenvalue weighted by molar-refractivity contribution is 5.32. The lowest BCUT2D eigenvalue weighted by Gasteiger charge is -2.17. The van der Waals surface area contributed by atoms with Gasteiger partial charge in [-0.1, -0.05) is 65.9 Å². The minimum absolute atomic E-state index is 0.241. The summed E-state index contributed by atoms with van der Waals surface area (Å²) in [7, 11) is 0. The van der Waals surface area contributed by atoms with Crippen LogP contribution in [0.25, 0.3) is 0 Å². The van der Waals surface area contributed by atoms with Crippen LogP contribution in [0.1, 0.15) is 22.7 Å². The highest BCUT2D eigenvalue weighted by Gasteiger charge is 2.15. The lowest BCUT2D eigenvalue weighted by Crippen LogP contribution is -2.11. The summed E-state index contributed by atoms with van der Waals surface area (Å²) >= 11 is 0. The minimum Gasteiger partial charge on any atom is -0.331 e. The zero-order valence-electron chi connectivity index (χ0n) is 13.8. The van der Waals surface area contributed by atoms with E-state index in [-0.39, 0.29) is 5.92 Å². The summed E-state index contributed by atoms with van der Waals surface area (Å²) in [5, 5.41) is 8.62. The molecule has 25 heavy (non-hydrogen) atoms. The first-order valence-electron chi connectivity index (χ1n) is 8.33. The quantitative estimate of drug-likeness (QED) is 0.545. The van der Waals surface area contributed by atoms with Gasteiger partial charge in [-0.3, -0.25) is 4.68 Å². The van der Waals surface area contributed by atoms with E-state index in [4.69, 9.17) is 0 Å². The molecule has 0 bridgehead atoms. The molecule has 5 heteroatoms. The van der Waals surface area contributed by atoms with Crippen molar-refractivity contribution in [2.75, 3.05) is 0 Å². The Morgan fingerprint density at radius 3 is 2.16 bits per heavy atom. The largest absolute Gasteiger partial charge is 0.331 e. The van der Waals surface area contributed by atoms with Gasteiger partial charge in [0.1, 0.15) is 5.69 Å². The maximum absolute atomic E-state index is 4.32. The van der Waals surface area contributed by atoms with E-state index in [1.807, 2.05) is 33.8 Å². The van der Waals surface area contributed by atoms with Gasteiger partial charge < -0.3 is 4.57 Å². The molecule has 2 heterocycles. The molecular weight excluding hydrogens is 310 g/mol. The van der Waals surface area contributed by atoms with E-state index in [1.165, 1.54) is 11.1 Å². The Kier molecular flexibility index (Phi) is 4.37. The van der Waals surface area contributed by atoms with Gasteiger partial charge in [0.25, 0.3) is 0 Å². The van der Waals surface area contributed by atoms with Gasteiger partial charge in [-0.15, -0.1) is 5.10 Å². The number of benzene rings is 2. The van der Waals surface area contributed by atoms with E-state index in [0.717, 1.165) is 12.2 Å². The van der Waals surface area contributed by atoms with Crippen molar-refractivity contribution in [3.63, 3.8) is 0 Å². The van der Waals surface area contributed by atoms with Gasteiger partial charge in [0, 0.05) is 18.3 Å². The number of hydrogen-bond acceptors (Lipinski definition) is 3. The molecule has 0 aliphatic carbocycles. The second-order valence-electron chi connectivity index (χ2n) is 6.04. The number of aromatic nitrogens is 5. The molecule has 0 amide bonds. The predicted molar refractivity (Wildman–Crippen MR) is 96.1 cm³/mol. The van der Waals surface area contributed by atoms with Gasteiger partial charge >= 0.3 is 0 Å². The van der Waals surface area contributed by atoms with E-state index in [1.54, 1.807) is 12.5 Å². The molecule has 0 unspecified atom stereocenters. The Labute approximate surface area is 146 Å². The van der Waals surface area contributed by atoms with Crippen LogP contribution in [-0.4, -0.2) is 24.5 Å². The maximum Gasteiger partial charge on any atom is 0.102 e. The van der Waals surface area contributed by atoms with Gasteiger partial charge in [0.2, 0.25) is 0 Å². The van der Waals surface area contributed by atoms with Crippen LogP contribution in [0.4, 0.5) is 0 Å². The predicted octanol–water partition coefficient (Wildman–Crippen LogP) is 3.36. The summed E-state index contributed by atoms with van der Waals surface area (Å²) in [6.45, 7) is 1.44. The van der Waals surface area contributed by atoms with Crippen molar-refractivity contribution in [2.24, 2.45) is 0 Å². The molecule has 5 nitrogen and oxygen atoms in total. The summed E-state index contributed by atoms with van der Waals surface area (Å²) in [6.07, 6.45) is 7.50. The summed E-state index contributed by atoms with van der Waals surface area (Å²) < 4.78 is 3.91. The third kappa shape index (κ3) is 3.66. The van der Waals surface area contributed by atoms with Gasteiger partial charge in [0.15, 0.2) is 0 Å². The first-order valence-corrected chi connectivity index (χ1v) is 8.33. The lowest BCUT2D eigenvalue weighted by molar-refractivity contribution is 0.544. The number of nitrogens with zero attached hydrogens (tertiary/aromatic N) is 5. The van der Waals surface area contributed by atoms with Crippen molar-refractivity contribution >= 4 is 0 Å². The normalized spacial score (nSPS) is 11.1. The standard InChI is InChI=1S/C20H19N5/c1-3-7-17(8-4-1)20(18-9-5-2-6-10-18)15-25-14-19(22-23-25)13-24-12-11-21-16-24/h1-12,14,16,20H,13,15H2. The summed E-state index contributed by atoms with van der Waals surface area (Å²) in [5.74, 6) is 0.241. The van der Waals surface area contributed by atoms with Crippen LogP contribution < -0.4 is 0 Å². The van der Waals surface area contributed by atoms with Crippen molar-refractivity contribution in [2.45, 2.75) is 19.0 Å². The Morgan fingerprint density at radius 1 is 0.880 bits per heavy atom. The molecule has 124 valence electrons. The molecule has 0 radical (unpaired) electrons. The molecule has 0 atom stereocenters. The Balaban J connectivity index is 1.58. The van der Waals surface area contributed by atoms with E-state index < -0.39 is 0 Å². The van der Waals surface area contributed by atoms with Crippen LogP contribution in [0.15, 0.2) is 85.6 Å². The van der Waals surface area contributed by atoms with Crippen molar-refractivity contribution in [1.82, 2.24) is 24.5 Å². The fraction of sp³-hybridized carbons (Fsp3) is 0.150. The van der Waals surface area contributed by atoms with Crippen LogP contribution in [0.5, 0.6) is 0 Å². The molecule has 2 aromatic heterocycles. The van der Waals surface area contributed by atoms with E-state index >= 15 is 0 Å². The van der Waals surface area contributed by atoms with Crippen molar-refractivity contribution in [3.05, 3.63) is 102 Å². The monoisotopic (exact) mass is 329 g/mol. The first-order chi connectivity index (χ1) is 12.4. The Bertz CT molecular complexity index is 858. The molecule has 0 N–H and O–H groups in total. The smallest absolute Gasteiger partial charge is 0.102 e. The SMILES string of the molecule is c1ccc(C(Cn2cc(Cn3ccnc3)nn2)c2ccccc2)cc1. The van der Waals surface area contributed by atoms with Crippen LogP contribution in [0.2, 0.25) is 0 Å². The third-order valence-electron chi connectivity index (χ3n) is 4.26. The molecule has 0 saturated heterocycles. The average Bonchev–Trinajstić information content (AvgIpc) is 3.34. The molecular formula is C20H19N5. The Morgan fingerprint density at radius 2 is 1.56 bits per heavy atom. The molecule has 4 rings (SSSR count). The van der Waals surface area contributed by atoms with Crippen molar-refractivity contribution in [1.29, 1.82) is 0 Å². The fourth-order valence-electron chi connectivity index (χ4n) is 3.03. The van der Waals surface area contributed by atoms with E-state index in [9.17, 15) is 0 Å². The van der Waals surface area contributed by atoms with Gasteiger partial charge in [-0.25, -0.2) is 4.98 Å². The molecule has 0 aliphatic rings. The summed E-state index contributed by atoms with van der Waals surface area (Å²) in [5.41, 5.74) is 3.48. The van der Waals surface area contributed by atoms with Gasteiger partial charge in [-0.2, -0.15) is 0 Å². The third-order valence-corrected chi connectivity index (χ3v) is 4.26. The molecule has 0 spiro atoms. The lowest BCUT2D eigenvalue weighted by atomic mass is 9.91. The zero-order valence-corrected chi connectivity index (χ0v) is 13.8. The van der Waals surface area contributed by atoms with Crippen LogP contribution in [0.3, 0.4) is 0 Å². The highest BCUT2D eigenvalue weighted by Crippen LogP contribution is 2.26. The first kappa shape index (κ1) is 15.3. The van der Waals surface area contributed by atoms with Crippen molar-refractivity contribution < 1.29 is 0 Å². The zero-order chi connectivity index (χ0) is 16.9. The molecule has 0 aliphatic heterocycles. The van der Waals surface area contributed by atoms with Gasteiger partial charge in [-0.05, 0) is 11.1 Å². The Hall–Kier alpha value is -3.21. The molecule has 0 saturated carbocycles. The molecule has 4 aromatic rings. The fourth-order valence-corrected chi connectivity index (χ4v) is 3.03. The van der Waals surface area contributed by atoms with Gasteiger partial charge in [0.05, 0.1) is 25.6 Å². The van der Waals surface area contributed by atoms with Crippen LogP contribution in [0, 0.1) is 0 Å². The van der Waals surface area contributed by atoms with Crippen LogP contribution in [-0.2, 0) is 13.1 Å². The second kappa shape index (κ2) is 7.13. The van der Waals surface area contributed by atoms with Crippen LogP contribution >= 0.6 is 0 Å². The number of rotatable bonds is 6. The minimum atomic E-state index is 0.241. The molecule has 2 aromatic carbocycles. The average molecular weight is 329 g/mol. The van der Waals surface area contributed by atoms with Crippen molar-refractivity contribution in [3.8, 4) is 0 Å². The molecule has 0 fully saturated rings. The second-order valence-corrected chi connectivity index (χ2v) is 6.04. The number of imidazole rings is 1. The van der Waals surface area contributed by atoms with E-state index in [2.05, 4.69) is 63.8 Å². The highest BCUT2D eigenvalue weighted by atomic mass is 15.4. The summed E-state index contributed by atoms with van der Waals surface area (Å²) in [6, 6.07) is 21.1. The topological polar surface area (TPSA) is 48.5 Å². The van der Waals surface area contributed by atoms with E-state index in [0.29, 0.717) is 6.54 Å². The maximum atomic E-state index is 4.32. The number of hydrogen-bond donors (Lipinski definition) is 0. The summed E-state index contributed by atoms with van der Waals surface area (Å²) in [4.78, 5) is 4.06.